The minimum Gasteiger partial charge on any atom is -0.465 e. The second-order valence-corrected chi connectivity index (χ2v) is 5.66. The van der Waals surface area contributed by atoms with Crippen molar-refractivity contribution in [2.24, 2.45) is 5.92 Å². The van der Waals surface area contributed by atoms with Gasteiger partial charge in [0, 0.05) is 17.4 Å². The molecule has 4 nitrogen and oxygen atoms in total. The first-order valence-electron chi connectivity index (χ1n) is 7.36. The first-order chi connectivity index (χ1) is 9.61. The summed E-state index contributed by atoms with van der Waals surface area (Å²) in [4.78, 5) is 11.7. The molecule has 1 saturated carbocycles. The summed E-state index contributed by atoms with van der Waals surface area (Å²) in [5.74, 6) is 0.261. The Morgan fingerprint density at radius 3 is 2.80 bits per heavy atom. The fourth-order valence-corrected chi connectivity index (χ4v) is 2.85. The fraction of sp³-hybridized carbons (Fsp3) is 0.562. The van der Waals surface area contributed by atoms with Crippen molar-refractivity contribution in [1.82, 2.24) is 0 Å². The van der Waals surface area contributed by atoms with E-state index in [-0.39, 0.29) is 5.97 Å². The second-order valence-electron chi connectivity index (χ2n) is 5.66. The maximum Gasteiger partial charge on any atom is 0.340 e. The molecule has 3 N–H and O–H groups in total. The topological polar surface area (TPSA) is 64.3 Å². The van der Waals surface area contributed by atoms with Gasteiger partial charge in [-0.1, -0.05) is 26.2 Å². The summed E-state index contributed by atoms with van der Waals surface area (Å²) in [6.07, 6.45) is 6.34. The highest BCUT2D eigenvalue weighted by Gasteiger charge is 2.20. The van der Waals surface area contributed by atoms with Crippen LogP contribution in [0.1, 0.15) is 49.4 Å². The highest BCUT2D eigenvalue weighted by molar-refractivity contribution is 5.96. The van der Waals surface area contributed by atoms with E-state index < -0.39 is 0 Å². The van der Waals surface area contributed by atoms with Crippen LogP contribution in [0.2, 0.25) is 0 Å². The van der Waals surface area contributed by atoms with E-state index in [9.17, 15) is 4.79 Å². The molecule has 0 saturated heterocycles. The van der Waals surface area contributed by atoms with Crippen LogP contribution < -0.4 is 11.1 Å². The van der Waals surface area contributed by atoms with E-state index in [0.717, 1.165) is 5.69 Å². The smallest absolute Gasteiger partial charge is 0.340 e. The Bertz CT molecular complexity index is 474. The van der Waals surface area contributed by atoms with Gasteiger partial charge in [-0.3, -0.25) is 0 Å². The maximum absolute atomic E-state index is 11.7. The molecule has 1 aliphatic rings. The first kappa shape index (κ1) is 14.7. The van der Waals surface area contributed by atoms with E-state index in [0.29, 0.717) is 23.2 Å². The molecule has 0 aromatic heterocycles. The molecule has 4 heteroatoms. The van der Waals surface area contributed by atoms with Gasteiger partial charge in [0.05, 0.1) is 12.7 Å². The molecule has 2 rings (SSSR count). The quantitative estimate of drug-likeness (QED) is 0.504. The Balaban J connectivity index is 2.14. The summed E-state index contributed by atoms with van der Waals surface area (Å²) < 4.78 is 4.76. The van der Waals surface area contributed by atoms with E-state index in [1.807, 2.05) is 6.07 Å². The van der Waals surface area contributed by atoms with Crippen LogP contribution >= 0.6 is 0 Å². The van der Waals surface area contributed by atoms with Crippen LogP contribution in [0.4, 0.5) is 11.4 Å². The summed E-state index contributed by atoms with van der Waals surface area (Å²) in [5, 5.41) is 3.55. The van der Waals surface area contributed by atoms with E-state index in [2.05, 4.69) is 12.2 Å². The molecule has 2 unspecified atom stereocenters. The molecule has 1 fully saturated rings. The van der Waals surface area contributed by atoms with E-state index in [1.165, 1.54) is 39.2 Å². The summed E-state index contributed by atoms with van der Waals surface area (Å²) in [6, 6.07) is 5.94. The number of esters is 1. The zero-order chi connectivity index (χ0) is 14.5. The summed E-state index contributed by atoms with van der Waals surface area (Å²) in [6.45, 7) is 2.29. The predicted molar refractivity (Wildman–Crippen MR) is 81.9 cm³/mol. The monoisotopic (exact) mass is 276 g/mol. The van der Waals surface area contributed by atoms with Gasteiger partial charge >= 0.3 is 5.97 Å². The first-order valence-corrected chi connectivity index (χ1v) is 7.36. The molecule has 1 aromatic carbocycles. The Hall–Kier alpha value is -1.71. The van der Waals surface area contributed by atoms with Crippen molar-refractivity contribution < 1.29 is 9.53 Å². The number of hydrogen-bond donors (Lipinski definition) is 2. The van der Waals surface area contributed by atoms with Gasteiger partial charge in [-0.15, -0.1) is 0 Å². The molecular weight excluding hydrogens is 252 g/mol. The van der Waals surface area contributed by atoms with E-state index >= 15 is 0 Å². The van der Waals surface area contributed by atoms with Crippen LogP contribution in [-0.2, 0) is 4.74 Å². The molecule has 0 spiro atoms. The standard InChI is InChI=1S/C16H24N2O2/c1-11-6-4-3-5-7-15(11)18-12-8-9-14(17)13(10-12)16(19)20-2/h8-11,15,18H,3-7,17H2,1-2H3. The average Bonchev–Trinajstić information content (AvgIpc) is 2.65. The number of nitrogen functional groups attached to an aromatic ring is 1. The Labute approximate surface area is 120 Å². The van der Waals surface area contributed by atoms with Crippen molar-refractivity contribution >= 4 is 17.3 Å². The van der Waals surface area contributed by atoms with Crippen molar-refractivity contribution in [3.05, 3.63) is 23.8 Å². The summed E-state index contributed by atoms with van der Waals surface area (Å²) in [5.41, 5.74) is 7.65. The molecule has 1 aromatic rings. The van der Waals surface area contributed by atoms with Gasteiger partial charge in [0.25, 0.3) is 0 Å². The third kappa shape index (κ3) is 3.44. The number of nitrogens with two attached hydrogens (primary N) is 1. The molecule has 20 heavy (non-hydrogen) atoms. The third-order valence-corrected chi connectivity index (χ3v) is 4.17. The average molecular weight is 276 g/mol. The zero-order valence-electron chi connectivity index (χ0n) is 12.3. The number of rotatable bonds is 3. The molecule has 0 aliphatic heterocycles. The lowest BCUT2D eigenvalue weighted by Crippen LogP contribution is -2.26. The molecule has 0 bridgehead atoms. The molecule has 2 atom stereocenters. The summed E-state index contributed by atoms with van der Waals surface area (Å²) >= 11 is 0. The minimum atomic E-state index is -0.389. The highest BCUT2D eigenvalue weighted by Crippen LogP contribution is 2.27. The minimum absolute atomic E-state index is 0.389. The third-order valence-electron chi connectivity index (χ3n) is 4.17. The van der Waals surface area contributed by atoms with Crippen molar-refractivity contribution in [2.75, 3.05) is 18.2 Å². The lowest BCUT2D eigenvalue weighted by Gasteiger charge is -2.24. The van der Waals surface area contributed by atoms with Crippen molar-refractivity contribution in [2.45, 2.75) is 45.1 Å². The van der Waals surface area contributed by atoms with Gasteiger partial charge < -0.3 is 15.8 Å². The lowest BCUT2D eigenvalue weighted by atomic mass is 9.96. The SMILES string of the molecule is COC(=O)c1cc(NC2CCCCCC2C)ccc1N. The predicted octanol–water partition coefficient (Wildman–Crippen LogP) is 3.44. The number of nitrogens with one attached hydrogen (secondary N) is 1. The van der Waals surface area contributed by atoms with Gasteiger partial charge in [-0.05, 0) is 37.0 Å². The molecule has 1 aliphatic carbocycles. The molecule has 0 radical (unpaired) electrons. The van der Waals surface area contributed by atoms with Gasteiger partial charge in [-0.2, -0.15) is 0 Å². The number of methoxy groups -OCH3 is 1. The number of anilines is 2. The van der Waals surface area contributed by atoms with Crippen LogP contribution in [0, 0.1) is 5.92 Å². The van der Waals surface area contributed by atoms with Crippen molar-refractivity contribution in [3.8, 4) is 0 Å². The van der Waals surface area contributed by atoms with Crippen LogP contribution in [-0.4, -0.2) is 19.1 Å². The maximum atomic E-state index is 11.7. The number of carbonyl (C=O) groups excluding carboxylic acids is 1. The summed E-state index contributed by atoms with van der Waals surface area (Å²) in [7, 11) is 1.37. The van der Waals surface area contributed by atoms with Crippen molar-refractivity contribution in [1.29, 1.82) is 0 Å². The number of benzene rings is 1. The van der Waals surface area contributed by atoms with Gasteiger partial charge in [0.15, 0.2) is 0 Å². The van der Waals surface area contributed by atoms with Crippen molar-refractivity contribution in [3.63, 3.8) is 0 Å². The zero-order valence-corrected chi connectivity index (χ0v) is 12.3. The van der Waals surface area contributed by atoms with Crippen LogP contribution in [0.3, 0.4) is 0 Å². The second kappa shape index (κ2) is 6.64. The lowest BCUT2D eigenvalue weighted by molar-refractivity contribution is 0.0602. The van der Waals surface area contributed by atoms with E-state index in [1.54, 1.807) is 12.1 Å². The highest BCUT2D eigenvalue weighted by atomic mass is 16.5. The van der Waals surface area contributed by atoms with Crippen LogP contribution in [0.25, 0.3) is 0 Å². The number of hydrogen-bond acceptors (Lipinski definition) is 4. The van der Waals surface area contributed by atoms with Crippen LogP contribution in [0.15, 0.2) is 18.2 Å². The molecule has 0 amide bonds. The Morgan fingerprint density at radius 2 is 2.05 bits per heavy atom. The Kier molecular flexibility index (Phi) is 4.88. The van der Waals surface area contributed by atoms with Crippen LogP contribution in [0.5, 0.6) is 0 Å². The molecular formula is C16H24N2O2. The fourth-order valence-electron chi connectivity index (χ4n) is 2.85. The number of ether oxygens (including phenoxy) is 1. The normalized spacial score (nSPS) is 22.9. The number of carbonyl (C=O) groups is 1. The van der Waals surface area contributed by atoms with Gasteiger partial charge in [-0.25, -0.2) is 4.79 Å². The van der Waals surface area contributed by atoms with E-state index in [4.69, 9.17) is 10.5 Å². The van der Waals surface area contributed by atoms with Gasteiger partial charge in [0.2, 0.25) is 0 Å². The molecule has 0 heterocycles. The molecule has 110 valence electrons. The van der Waals surface area contributed by atoms with Gasteiger partial charge in [0.1, 0.15) is 0 Å². The largest absolute Gasteiger partial charge is 0.465 e. The Morgan fingerprint density at radius 1 is 1.30 bits per heavy atom.